The smallest absolute Gasteiger partial charge is 0.338 e. The van der Waals surface area contributed by atoms with E-state index in [0.29, 0.717) is 48.1 Å². The Kier molecular flexibility index (Phi) is 5.16. The number of hydrogen-bond donors (Lipinski definition) is 0. The van der Waals surface area contributed by atoms with Gasteiger partial charge in [0.15, 0.2) is 29.6 Å². The van der Waals surface area contributed by atoms with Crippen LogP contribution >= 0.6 is 0 Å². The van der Waals surface area contributed by atoms with Gasteiger partial charge in [-0.25, -0.2) is 4.79 Å². The summed E-state index contributed by atoms with van der Waals surface area (Å²) in [6.45, 7) is 0.772. The largest absolute Gasteiger partial charge is 0.493 e. The summed E-state index contributed by atoms with van der Waals surface area (Å²) in [5.41, 5.74) is 2.41. The van der Waals surface area contributed by atoms with Crippen LogP contribution in [0, 0.1) is 0 Å². The van der Waals surface area contributed by atoms with Gasteiger partial charge in [-0.15, -0.1) is 0 Å². The van der Waals surface area contributed by atoms with Crippen LogP contribution in [0.15, 0.2) is 30.3 Å². The summed E-state index contributed by atoms with van der Waals surface area (Å²) < 4.78 is 26.3. The minimum Gasteiger partial charge on any atom is -0.493 e. The van der Waals surface area contributed by atoms with Gasteiger partial charge in [0.2, 0.25) is 6.79 Å². The first-order valence-corrected chi connectivity index (χ1v) is 9.17. The Morgan fingerprint density at radius 3 is 2.48 bits per heavy atom. The molecule has 0 aromatic heterocycles. The molecule has 8 nitrogen and oxygen atoms in total. The van der Waals surface area contributed by atoms with Gasteiger partial charge in [0, 0.05) is 13.1 Å². The van der Waals surface area contributed by atoms with Gasteiger partial charge in [-0.05, 0) is 47.9 Å². The number of carbonyl (C=O) groups excluding carboxylic acids is 2. The lowest BCUT2D eigenvalue weighted by Gasteiger charge is -2.29. The number of methoxy groups -OCH3 is 2. The summed E-state index contributed by atoms with van der Waals surface area (Å²) in [5, 5.41) is 0. The predicted octanol–water partition coefficient (Wildman–Crippen LogP) is 2.17. The van der Waals surface area contributed by atoms with Crippen LogP contribution in [-0.4, -0.2) is 50.9 Å². The molecule has 0 atom stereocenters. The Hall–Kier alpha value is -3.42. The molecule has 2 aromatic rings. The minimum absolute atomic E-state index is 0.124. The molecular formula is C21H21NO7. The summed E-state index contributed by atoms with van der Waals surface area (Å²) in [7, 11) is 3.17. The fourth-order valence-corrected chi connectivity index (χ4v) is 3.42. The van der Waals surface area contributed by atoms with Gasteiger partial charge >= 0.3 is 5.97 Å². The standard InChI is InChI=1S/C21H21NO7/c1-25-17-7-13-5-6-22(10-15(13)9-18(17)26-2)20(23)11-27-21(24)14-3-4-16-19(8-14)29-12-28-16/h3-4,7-9H,5-6,10-12H2,1-2H3. The zero-order valence-electron chi connectivity index (χ0n) is 16.2. The molecule has 0 spiro atoms. The third kappa shape index (κ3) is 3.78. The Morgan fingerprint density at radius 2 is 1.72 bits per heavy atom. The van der Waals surface area contributed by atoms with E-state index in [0.717, 1.165) is 11.1 Å². The minimum atomic E-state index is -0.583. The van der Waals surface area contributed by atoms with Crippen LogP contribution in [0.5, 0.6) is 23.0 Å². The van der Waals surface area contributed by atoms with Crippen molar-refractivity contribution in [2.24, 2.45) is 0 Å². The zero-order chi connectivity index (χ0) is 20.4. The van der Waals surface area contributed by atoms with Crippen LogP contribution in [0.2, 0.25) is 0 Å². The van der Waals surface area contributed by atoms with E-state index in [1.807, 2.05) is 12.1 Å². The summed E-state index contributed by atoms with van der Waals surface area (Å²) >= 11 is 0. The highest BCUT2D eigenvalue weighted by molar-refractivity contribution is 5.92. The van der Waals surface area contributed by atoms with Crippen LogP contribution in [0.1, 0.15) is 21.5 Å². The lowest BCUT2D eigenvalue weighted by Crippen LogP contribution is -2.38. The van der Waals surface area contributed by atoms with Crippen LogP contribution < -0.4 is 18.9 Å². The molecule has 2 aromatic carbocycles. The van der Waals surface area contributed by atoms with Crippen molar-refractivity contribution in [3.8, 4) is 23.0 Å². The fraction of sp³-hybridized carbons (Fsp3) is 0.333. The molecule has 0 unspecified atom stereocenters. The molecule has 2 aliphatic heterocycles. The van der Waals surface area contributed by atoms with Crippen molar-refractivity contribution in [2.45, 2.75) is 13.0 Å². The van der Waals surface area contributed by atoms with Crippen molar-refractivity contribution in [3.05, 3.63) is 47.0 Å². The molecule has 2 aliphatic rings. The third-order valence-corrected chi connectivity index (χ3v) is 5.01. The van der Waals surface area contributed by atoms with Crippen molar-refractivity contribution in [3.63, 3.8) is 0 Å². The average Bonchev–Trinajstić information content (AvgIpc) is 3.23. The second kappa shape index (κ2) is 7.90. The molecule has 0 N–H and O–H groups in total. The third-order valence-electron chi connectivity index (χ3n) is 5.01. The number of amides is 1. The van der Waals surface area contributed by atoms with Gasteiger partial charge in [-0.1, -0.05) is 0 Å². The number of nitrogens with zero attached hydrogens (tertiary/aromatic N) is 1. The Bertz CT molecular complexity index is 956. The highest BCUT2D eigenvalue weighted by atomic mass is 16.7. The molecule has 0 fully saturated rings. The van der Waals surface area contributed by atoms with Crippen molar-refractivity contribution >= 4 is 11.9 Å². The number of fused-ring (bicyclic) bond motifs is 2. The molecular weight excluding hydrogens is 378 g/mol. The first kappa shape index (κ1) is 18.9. The van der Waals surface area contributed by atoms with E-state index in [1.54, 1.807) is 37.3 Å². The number of rotatable bonds is 5. The first-order chi connectivity index (χ1) is 14.1. The Labute approximate surface area is 167 Å². The van der Waals surface area contributed by atoms with Crippen molar-refractivity contribution in [1.29, 1.82) is 0 Å². The average molecular weight is 399 g/mol. The molecule has 0 saturated carbocycles. The summed E-state index contributed by atoms with van der Waals surface area (Å²) in [6.07, 6.45) is 0.692. The molecule has 1 amide bonds. The van der Waals surface area contributed by atoms with E-state index in [9.17, 15) is 9.59 Å². The van der Waals surface area contributed by atoms with E-state index in [2.05, 4.69) is 0 Å². The topological polar surface area (TPSA) is 83.5 Å². The highest BCUT2D eigenvalue weighted by Gasteiger charge is 2.24. The monoisotopic (exact) mass is 399 g/mol. The summed E-state index contributed by atoms with van der Waals surface area (Å²) in [6, 6.07) is 8.59. The van der Waals surface area contributed by atoms with Crippen LogP contribution in [0.3, 0.4) is 0 Å². The second-order valence-electron chi connectivity index (χ2n) is 6.69. The fourth-order valence-electron chi connectivity index (χ4n) is 3.42. The van der Waals surface area contributed by atoms with Crippen LogP contribution in [-0.2, 0) is 22.5 Å². The maximum Gasteiger partial charge on any atom is 0.338 e. The normalized spacial score (nSPS) is 14.2. The van der Waals surface area contributed by atoms with Crippen molar-refractivity contribution in [2.75, 3.05) is 34.2 Å². The number of carbonyl (C=O) groups is 2. The molecule has 4 rings (SSSR count). The predicted molar refractivity (Wildman–Crippen MR) is 102 cm³/mol. The number of hydrogen-bond acceptors (Lipinski definition) is 7. The summed E-state index contributed by atoms with van der Waals surface area (Å²) in [5.74, 6) is 1.53. The van der Waals surface area contributed by atoms with Gasteiger partial charge < -0.3 is 28.6 Å². The van der Waals surface area contributed by atoms with Crippen LogP contribution in [0.4, 0.5) is 0 Å². The quantitative estimate of drug-likeness (QED) is 0.713. The SMILES string of the molecule is COc1cc2c(cc1OC)CN(C(=O)COC(=O)c1ccc3c(c1)OCO3)CC2. The second-order valence-corrected chi connectivity index (χ2v) is 6.69. The zero-order valence-corrected chi connectivity index (χ0v) is 16.2. The van der Waals surface area contributed by atoms with Crippen molar-refractivity contribution in [1.82, 2.24) is 4.90 Å². The Morgan fingerprint density at radius 1 is 1.00 bits per heavy atom. The maximum absolute atomic E-state index is 12.6. The molecule has 8 heteroatoms. The number of esters is 1. The molecule has 29 heavy (non-hydrogen) atoms. The van der Waals surface area contributed by atoms with Crippen LogP contribution in [0.25, 0.3) is 0 Å². The van der Waals surface area contributed by atoms with Gasteiger partial charge in [-0.3, -0.25) is 4.79 Å². The molecule has 0 aliphatic carbocycles. The molecule has 2 heterocycles. The van der Waals surface area contributed by atoms with E-state index in [4.69, 9.17) is 23.7 Å². The number of benzene rings is 2. The molecule has 0 radical (unpaired) electrons. The first-order valence-electron chi connectivity index (χ1n) is 9.17. The van der Waals surface area contributed by atoms with E-state index < -0.39 is 5.97 Å². The van der Waals surface area contributed by atoms with E-state index in [1.165, 1.54) is 0 Å². The lowest BCUT2D eigenvalue weighted by molar-refractivity contribution is -0.135. The van der Waals surface area contributed by atoms with E-state index in [-0.39, 0.29) is 19.3 Å². The summed E-state index contributed by atoms with van der Waals surface area (Å²) in [4.78, 5) is 26.5. The molecule has 0 bridgehead atoms. The lowest BCUT2D eigenvalue weighted by atomic mass is 9.99. The van der Waals surface area contributed by atoms with Gasteiger partial charge in [0.05, 0.1) is 19.8 Å². The van der Waals surface area contributed by atoms with E-state index >= 15 is 0 Å². The highest BCUT2D eigenvalue weighted by Crippen LogP contribution is 2.34. The van der Waals surface area contributed by atoms with Gasteiger partial charge in [0.25, 0.3) is 5.91 Å². The van der Waals surface area contributed by atoms with Crippen molar-refractivity contribution < 1.29 is 33.3 Å². The van der Waals surface area contributed by atoms with Gasteiger partial charge in [0.1, 0.15) is 0 Å². The number of ether oxygens (including phenoxy) is 5. The van der Waals surface area contributed by atoms with Gasteiger partial charge in [-0.2, -0.15) is 0 Å². The Balaban J connectivity index is 1.38. The molecule has 0 saturated heterocycles. The molecule has 152 valence electrons. The maximum atomic E-state index is 12.6.